The standard InChI is InChI=1S/C27H29F2N9S.2C26H29F2N7.C26H31FN8OS/c1-16(2)38-17(3)33-26-20(28)11-19(12-23(26)38)25-21(29)13-31-27(36-25)35-24-6-5-18-14-37(8-7-22(18)34-24)9-10-39(4)32-15-30;2*1-5-17(6-2)35-15(4)31-25-19(27)11-16(12-22(25)35)24-20(28)13-30-26(34-24)33-23-8-7-18-14(3)29-10-9-21(18)32-23;1-16(2)35-17(3)30-22-7-5-18(13-23(22)35)25-20(27)14-29-26(33-25)32-24-8-6-19-15-34(10-9-21(19)31-24)11-12-37(4,28)36/h5-6,11-13,16H,7-10,14H2,1-4H3,(H,31,34,35,36);2*7-8,11-14,17,29H,5-6,9-10H2,1-4H3,(H,30,32,33,34);5-8,13-14,16,28H,9-12,15H2,1-4H3,(H,29,31,32,33)/t;2*14-;/m.10./s1. The Kier molecular flexibility index (Phi) is 31.4. The Labute approximate surface area is 844 Å². The Bertz CT molecular complexity index is 7590. The van der Waals surface area contributed by atoms with E-state index >= 15 is 8.78 Å². The van der Waals surface area contributed by atoms with Gasteiger partial charge in [0.2, 0.25) is 30.0 Å². The molecule has 4 aliphatic rings. The predicted octanol–water partition coefficient (Wildman–Crippen LogP) is 21.3. The number of hydrogen-bond donors (Lipinski definition) is 7. The summed E-state index contributed by atoms with van der Waals surface area (Å²) < 4.78 is 136. The molecule has 41 heteroatoms. The molecule has 0 saturated heterocycles. The normalized spacial score (nSPS) is 15.3. The summed E-state index contributed by atoms with van der Waals surface area (Å²) >= 11 is 0. The fourth-order valence-electron chi connectivity index (χ4n) is 19.6. The van der Waals surface area contributed by atoms with Crippen LogP contribution in [0.25, 0.3) is 89.2 Å². The summed E-state index contributed by atoms with van der Waals surface area (Å²) in [4.78, 5) is 75.3. The summed E-state index contributed by atoms with van der Waals surface area (Å²) in [5.74, 6) is 3.49. The van der Waals surface area contributed by atoms with Gasteiger partial charge in [0.05, 0.1) is 52.4 Å². The minimum Gasteiger partial charge on any atom is -0.326 e. The number of aryl methyl sites for hydroxylation is 4. The highest BCUT2D eigenvalue weighted by atomic mass is 32.2. The predicted molar refractivity (Wildman–Crippen MR) is 558 cm³/mol. The molecule has 146 heavy (non-hydrogen) atoms. The third-order valence-electron chi connectivity index (χ3n) is 26.8. The first-order valence-corrected chi connectivity index (χ1v) is 53.0. The number of nitrogens with one attached hydrogen (secondary N) is 7. The molecule has 4 aromatic carbocycles. The van der Waals surface area contributed by atoms with E-state index in [1.54, 1.807) is 18.2 Å². The van der Waals surface area contributed by atoms with E-state index in [-0.39, 0.29) is 110 Å². The molecule has 0 spiro atoms. The van der Waals surface area contributed by atoms with E-state index in [0.29, 0.717) is 86.7 Å². The Morgan fingerprint density at radius 1 is 0.445 bits per heavy atom. The number of anilines is 8. The second-order valence-electron chi connectivity index (χ2n) is 37.7. The van der Waals surface area contributed by atoms with E-state index in [9.17, 15) is 26.2 Å². The SMILES string of the molecule is CCC(CC)n1c(C)nc2c(F)cc(-c3nc(Nc4ccc5c(n4)CCN[C@@H]5C)ncc3F)cc21.CCC(CC)n1c(C)nc2c(F)cc(-c3nc(Nc4ccc5c(n4)CCN[C@H]5C)ncc3F)cc21.Cc1nc2c(F)cc(-c3nc(Nc4ccc5c(n4)CCN(CCS(C)=NC#N)C5)ncc3F)cc2n1C(C)C.Cc1nc2ccc(-c3nc(Nc4ccc5c(n4)CCN(CCS(C)(=N)=O)C5)ncc3F)cc2n1C(C)C. The summed E-state index contributed by atoms with van der Waals surface area (Å²) in [6.07, 6.45) is 16.5. The van der Waals surface area contributed by atoms with Gasteiger partial charge in [-0.2, -0.15) is 9.62 Å². The van der Waals surface area contributed by atoms with E-state index in [2.05, 4.69) is 166 Å². The van der Waals surface area contributed by atoms with Gasteiger partial charge >= 0.3 is 0 Å². The van der Waals surface area contributed by atoms with E-state index in [1.165, 1.54) is 30.7 Å². The summed E-state index contributed by atoms with van der Waals surface area (Å²) in [6, 6.07) is 31.3. The lowest BCUT2D eigenvalue weighted by atomic mass is 10.0. The molecule has 0 radical (unpaired) electrons. The summed E-state index contributed by atoms with van der Waals surface area (Å²) in [5.41, 5.74) is 14.9. The molecule has 16 heterocycles. The topological polar surface area (TPSA) is 382 Å². The number of imidazole rings is 4. The number of fused-ring (bicyclic) bond motifs is 8. The van der Waals surface area contributed by atoms with Gasteiger partial charge in [0, 0.05) is 187 Å². The van der Waals surface area contributed by atoms with Crippen molar-refractivity contribution in [3.63, 3.8) is 0 Å². The molecular formula is C105H118F7N31OS2. The molecule has 32 nitrogen and oxygen atoms in total. The van der Waals surface area contributed by atoms with Gasteiger partial charge in [-0.3, -0.25) is 18.8 Å². The smallest absolute Gasteiger partial charge is 0.229 e. The molecule has 16 aromatic rings. The van der Waals surface area contributed by atoms with Gasteiger partial charge in [0.15, 0.2) is 40.7 Å². The van der Waals surface area contributed by atoms with Gasteiger partial charge in [0.1, 0.15) is 85.9 Å². The quantitative estimate of drug-likeness (QED) is 0.0195. The maximum absolute atomic E-state index is 15.1. The van der Waals surface area contributed by atoms with Gasteiger partial charge in [-0.15, -0.1) is 0 Å². The highest BCUT2D eigenvalue weighted by Gasteiger charge is 2.30. The first-order chi connectivity index (χ1) is 70.1. The van der Waals surface area contributed by atoms with Crippen molar-refractivity contribution in [1.82, 2.24) is 118 Å². The second-order valence-corrected chi connectivity index (χ2v) is 41.9. The zero-order chi connectivity index (χ0) is 103. The molecule has 0 bridgehead atoms. The molecule has 2 unspecified atom stereocenters. The monoisotopic (exact) mass is 2030 g/mol. The number of rotatable bonds is 26. The van der Waals surface area contributed by atoms with Crippen LogP contribution in [0, 0.1) is 84.7 Å². The van der Waals surface area contributed by atoms with Crippen molar-refractivity contribution < 1.29 is 34.9 Å². The number of aromatic nitrogens is 20. The molecule has 7 N–H and O–H groups in total. The van der Waals surface area contributed by atoms with Crippen LogP contribution >= 0.6 is 0 Å². The van der Waals surface area contributed by atoms with E-state index in [1.807, 2.05) is 134 Å². The summed E-state index contributed by atoms with van der Waals surface area (Å²) in [7, 11) is -2.75. The second kappa shape index (κ2) is 44.4. The number of benzene rings is 4. The van der Waals surface area contributed by atoms with Crippen LogP contribution in [0.5, 0.6) is 0 Å². The van der Waals surface area contributed by atoms with Gasteiger partial charge in [0.25, 0.3) is 0 Å². The summed E-state index contributed by atoms with van der Waals surface area (Å²) in [5, 5.41) is 27.9. The lowest BCUT2D eigenvalue weighted by Gasteiger charge is -2.28. The van der Waals surface area contributed by atoms with E-state index in [0.717, 1.165) is 189 Å². The number of pyridine rings is 4. The van der Waals surface area contributed by atoms with Crippen molar-refractivity contribution >= 4 is 112 Å². The van der Waals surface area contributed by atoms with E-state index in [4.69, 9.17) is 30.0 Å². The lowest BCUT2D eigenvalue weighted by molar-refractivity contribution is 0.267. The van der Waals surface area contributed by atoms with Gasteiger partial charge in [-0.1, -0.05) is 68.7 Å². The molecule has 0 fully saturated rings. The van der Waals surface area contributed by atoms with Gasteiger partial charge in [-0.25, -0.2) is 110 Å². The van der Waals surface area contributed by atoms with Gasteiger partial charge < -0.3 is 50.2 Å². The molecule has 12 aromatic heterocycles. The maximum Gasteiger partial charge on any atom is 0.229 e. The Hall–Kier alpha value is -14.2. The Morgan fingerprint density at radius 2 is 0.795 bits per heavy atom. The fourth-order valence-corrected chi connectivity index (χ4v) is 21.0. The highest BCUT2D eigenvalue weighted by molar-refractivity contribution is 7.91. The highest BCUT2D eigenvalue weighted by Crippen LogP contribution is 2.39. The zero-order valence-corrected chi connectivity index (χ0v) is 86.1. The van der Waals surface area contributed by atoms with Crippen LogP contribution in [0.1, 0.15) is 199 Å². The Balaban J connectivity index is 0.000000133. The first-order valence-electron chi connectivity index (χ1n) is 49.1. The summed E-state index contributed by atoms with van der Waals surface area (Å²) in [6.45, 7) is 34.7. The van der Waals surface area contributed by atoms with Gasteiger partial charge in [-0.05, 0) is 196 Å². The van der Waals surface area contributed by atoms with Crippen LogP contribution in [-0.4, -0.2) is 175 Å². The first kappa shape index (κ1) is 103. The minimum atomic E-state index is -2.50. The van der Waals surface area contributed by atoms with Crippen LogP contribution in [-0.2, 0) is 59.2 Å². The van der Waals surface area contributed by atoms with Crippen LogP contribution in [0.3, 0.4) is 0 Å². The molecule has 4 atom stereocenters. The molecule has 20 rings (SSSR count). The number of halogens is 7. The van der Waals surface area contributed by atoms with Crippen molar-refractivity contribution in [3.05, 3.63) is 237 Å². The average molecular weight is 2030 g/mol. The van der Waals surface area contributed by atoms with Crippen molar-refractivity contribution in [3.8, 4) is 51.2 Å². The fraction of sp³-hybridized carbons (Fsp3) is 0.381. The van der Waals surface area contributed by atoms with Crippen molar-refractivity contribution in [2.45, 2.75) is 198 Å². The van der Waals surface area contributed by atoms with Crippen molar-refractivity contribution in [2.24, 2.45) is 4.36 Å². The molecule has 0 amide bonds. The molecule has 760 valence electrons. The van der Waals surface area contributed by atoms with Crippen LogP contribution < -0.4 is 31.9 Å². The number of nitrogens with zero attached hydrogens (tertiary/aromatic N) is 24. The Morgan fingerprint density at radius 3 is 1.18 bits per heavy atom. The van der Waals surface area contributed by atoms with Crippen LogP contribution in [0.15, 0.2) is 132 Å². The van der Waals surface area contributed by atoms with Crippen molar-refractivity contribution in [1.29, 1.82) is 10.0 Å². The molecular weight excluding hydrogens is 1910 g/mol. The molecule has 4 aliphatic heterocycles. The third kappa shape index (κ3) is 22.9. The number of nitriles is 1. The largest absolute Gasteiger partial charge is 0.326 e. The van der Waals surface area contributed by atoms with Crippen LogP contribution in [0.4, 0.5) is 77.8 Å². The lowest BCUT2D eigenvalue weighted by Crippen LogP contribution is -2.34. The zero-order valence-electron chi connectivity index (χ0n) is 84.4. The molecule has 0 aliphatic carbocycles. The number of hydrogen-bond acceptors (Lipinski definition) is 28. The third-order valence-corrected chi connectivity index (χ3v) is 29.0. The average Bonchev–Trinajstić information content (AvgIpc) is 1.62. The molecule has 0 saturated carbocycles. The van der Waals surface area contributed by atoms with Crippen LogP contribution in [0.2, 0.25) is 0 Å². The van der Waals surface area contributed by atoms with E-state index < -0.39 is 50.4 Å². The van der Waals surface area contributed by atoms with Crippen molar-refractivity contribution in [2.75, 3.05) is 84.6 Å². The maximum atomic E-state index is 15.1. The minimum absolute atomic E-state index is 0.00543.